The summed E-state index contributed by atoms with van der Waals surface area (Å²) in [6.45, 7) is 2.02. The fourth-order valence-corrected chi connectivity index (χ4v) is 3.77. The standard InChI is InChI=1S/C12H9Br2NO2/c1-4-9-10-5-2-7(13)8(14)3-6(5)11(16-10)12(9)17-15-4/h2-3,9-12H,1H3. The van der Waals surface area contributed by atoms with Crippen LogP contribution in [0.5, 0.6) is 0 Å². The van der Waals surface area contributed by atoms with Crippen LogP contribution in [0.1, 0.15) is 30.3 Å². The predicted octanol–water partition coefficient (Wildman–Crippen LogP) is 3.73. The number of ether oxygens (including phenoxy) is 1. The van der Waals surface area contributed by atoms with E-state index in [1.807, 2.05) is 6.92 Å². The van der Waals surface area contributed by atoms with Crippen LogP contribution in [0.25, 0.3) is 0 Å². The summed E-state index contributed by atoms with van der Waals surface area (Å²) in [5, 5.41) is 4.10. The lowest BCUT2D eigenvalue weighted by atomic mass is 9.80. The Morgan fingerprint density at radius 2 is 1.76 bits per heavy atom. The SMILES string of the molecule is CC1=NOC2C3OC(c4cc(Br)c(Br)cc43)C12. The molecule has 3 aliphatic rings. The molecule has 0 aromatic heterocycles. The van der Waals surface area contributed by atoms with Crippen molar-refractivity contribution in [3.05, 3.63) is 32.2 Å². The minimum absolute atomic E-state index is 0.0330. The summed E-state index contributed by atoms with van der Waals surface area (Å²) in [6, 6.07) is 4.27. The minimum atomic E-state index is 0.0330. The molecule has 17 heavy (non-hydrogen) atoms. The second kappa shape index (κ2) is 3.33. The molecule has 2 bridgehead atoms. The van der Waals surface area contributed by atoms with Crippen molar-refractivity contribution in [3.63, 3.8) is 0 Å². The van der Waals surface area contributed by atoms with Gasteiger partial charge in [0.2, 0.25) is 0 Å². The maximum Gasteiger partial charge on any atom is 0.168 e. The minimum Gasteiger partial charge on any atom is -0.389 e. The lowest BCUT2D eigenvalue weighted by Gasteiger charge is -2.22. The van der Waals surface area contributed by atoms with Gasteiger partial charge >= 0.3 is 0 Å². The van der Waals surface area contributed by atoms with Crippen molar-refractivity contribution in [1.29, 1.82) is 0 Å². The Kier molecular flexibility index (Phi) is 2.06. The number of hydrogen-bond acceptors (Lipinski definition) is 3. The van der Waals surface area contributed by atoms with E-state index in [2.05, 4.69) is 49.1 Å². The van der Waals surface area contributed by atoms with Gasteiger partial charge in [-0.25, -0.2) is 0 Å². The molecule has 88 valence electrons. The second-order valence-electron chi connectivity index (χ2n) is 4.70. The third-order valence-electron chi connectivity index (χ3n) is 3.81. The van der Waals surface area contributed by atoms with Gasteiger partial charge in [0.05, 0.1) is 17.7 Å². The first kappa shape index (κ1) is 10.5. The molecule has 0 radical (unpaired) electrons. The Morgan fingerprint density at radius 1 is 1.12 bits per heavy atom. The van der Waals surface area contributed by atoms with Crippen molar-refractivity contribution in [2.24, 2.45) is 11.1 Å². The van der Waals surface area contributed by atoms with Crippen LogP contribution in [0.15, 0.2) is 26.2 Å². The number of halogens is 2. The number of rotatable bonds is 0. The molecule has 0 saturated carbocycles. The van der Waals surface area contributed by atoms with Gasteiger partial charge < -0.3 is 9.57 Å². The van der Waals surface area contributed by atoms with Gasteiger partial charge in [-0.15, -0.1) is 0 Å². The fourth-order valence-electron chi connectivity index (χ4n) is 3.05. The van der Waals surface area contributed by atoms with E-state index in [-0.39, 0.29) is 18.3 Å². The first-order valence-corrected chi connectivity index (χ1v) is 7.10. The number of oxime groups is 1. The van der Waals surface area contributed by atoms with Gasteiger partial charge in [0.1, 0.15) is 6.10 Å². The summed E-state index contributed by atoms with van der Waals surface area (Å²) < 4.78 is 8.16. The van der Waals surface area contributed by atoms with E-state index in [1.54, 1.807) is 0 Å². The van der Waals surface area contributed by atoms with Crippen LogP contribution < -0.4 is 0 Å². The van der Waals surface area contributed by atoms with Crippen LogP contribution in [0.3, 0.4) is 0 Å². The van der Waals surface area contributed by atoms with Crippen LogP contribution >= 0.6 is 31.9 Å². The van der Waals surface area contributed by atoms with Crippen molar-refractivity contribution in [2.45, 2.75) is 25.2 Å². The number of fused-ring (bicyclic) bond motifs is 8. The third kappa shape index (κ3) is 1.22. The quantitative estimate of drug-likeness (QED) is 0.707. The highest BCUT2D eigenvalue weighted by Crippen LogP contribution is 2.58. The van der Waals surface area contributed by atoms with Crippen LogP contribution in [-0.4, -0.2) is 11.8 Å². The highest BCUT2D eigenvalue weighted by molar-refractivity contribution is 9.13. The van der Waals surface area contributed by atoms with E-state index in [0.717, 1.165) is 14.7 Å². The van der Waals surface area contributed by atoms with Crippen molar-refractivity contribution in [1.82, 2.24) is 0 Å². The summed E-state index contributed by atoms with van der Waals surface area (Å²) in [5.74, 6) is 0.292. The molecule has 0 N–H and O–H groups in total. The molecule has 0 aliphatic carbocycles. The Bertz CT molecular complexity index is 558. The van der Waals surface area contributed by atoms with E-state index in [1.165, 1.54) is 11.1 Å². The van der Waals surface area contributed by atoms with E-state index in [0.29, 0.717) is 5.92 Å². The van der Waals surface area contributed by atoms with E-state index < -0.39 is 0 Å². The summed E-state index contributed by atoms with van der Waals surface area (Å²) in [6.07, 6.45) is 0.210. The molecule has 4 rings (SSSR count). The third-order valence-corrected chi connectivity index (χ3v) is 5.66. The number of nitrogens with zero attached hydrogens (tertiary/aromatic N) is 1. The van der Waals surface area contributed by atoms with E-state index >= 15 is 0 Å². The summed E-state index contributed by atoms with van der Waals surface area (Å²) in [7, 11) is 0. The molecule has 3 nitrogen and oxygen atoms in total. The smallest absolute Gasteiger partial charge is 0.168 e. The average Bonchev–Trinajstić information content (AvgIpc) is 2.92. The van der Waals surface area contributed by atoms with Crippen molar-refractivity contribution in [3.8, 4) is 0 Å². The zero-order valence-corrected chi connectivity index (χ0v) is 12.2. The Hall–Kier alpha value is -0.390. The molecule has 0 amide bonds. The highest BCUT2D eigenvalue weighted by atomic mass is 79.9. The monoisotopic (exact) mass is 357 g/mol. The van der Waals surface area contributed by atoms with Crippen LogP contribution in [0.2, 0.25) is 0 Å². The molecule has 4 unspecified atom stereocenters. The molecule has 5 heteroatoms. The Balaban J connectivity index is 1.89. The molecule has 1 aromatic carbocycles. The zero-order valence-electron chi connectivity index (χ0n) is 8.98. The maximum absolute atomic E-state index is 6.04. The largest absolute Gasteiger partial charge is 0.389 e. The summed E-state index contributed by atoms with van der Waals surface area (Å²) in [5.41, 5.74) is 3.55. The maximum atomic E-state index is 6.04. The topological polar surface area (TPSA) is 30.8 Å². The lowest BCUT2D eigenvalue weighted by Crippen LogP contribution is -2.27. The van der Waals surface area contributed by atoms with Crippen LogP contribution in [-0.2, 0) is 9.57 Å². The average molecular weight is 359 g/mol. The van der Waals surface area contributed by atoms with Gasteiger partial charge in [-0.05, 0) is 62.0 Å². The summed E-state index contributed by atoms with van der Waals surface area (Å²) in [4.78, 5) is 5.49. The number of benzene rings is 1. The predicted molar refractivity (Wildman–Crippen MR) is 69.9 cm³/mol. The fraction of sp³-hybridized carbons (Fsp3) is 0.417. The molecule has 3 aliphatic heterocycles. The van der Waals surface area contributed by atoms with Gasteiger partial charge in [-0.3, -0.25) is 0 Å². The Labute approximate surface area is 115 Å². The Morgan fingerprint density at radius 3 is 2.47 bits per heavy atom. The highest BCUT2D eigenvalue weighted by Gasteiger charge is 2.57. The van der Waals surface area contributed by atoms with Gasteiger partial charge in [0.15, 0.2) is 6.10 Å². The van der Waals surface area contributed by atoms with Gasteiger partial charge in [0.25, 0.3) is 0 Å². The normalized spacial score (nSPS) is 36.5. The van der Waals surface area contributed by atoms with Gasteiger partial charge in [-0.2, -0.15) is 0 Å². The number of hydrogen-bond donors (Lipinski definition) is 0. The molecule has 3 heterocycles. The summed E-state index contributed by atoms with van der Waals surface area (Å²) >= 11 is 7.08. The van der Waals surface area contributed by atoms with Crippen LogP contribution in [0.4, 0.5) is 0 Å². The van der Waals surface area contributed by atoms with Crippen molar-refractivity contribution in [2.75, 3.05) is 0 Å². The second-order valence-corrected chi connectivity index (χ2v) is 6.41. The lowest BCUT2D eigenvalue weighted by molar-refractivity contribution is -0.00583. The molecular weight excluding hydrogens is 350 g/mol. The first-order valence-electron chi connectivity index (χ1n) is 5.51. The zero-order chi connectivity index (χ0) is 11.7. The van der Waals surface area contributed by atoms with Gasteiger partial charge in [-0.1, -0.05) is 5.16 Å². The van der Waals surface area contributed by atoms with E-state index in [4.69, 9.17) is 9.57 Å². The first-order chi connectivity index (χ1) is 8.16. The molecule has 1 fully saturated rings. The molecule has 1 aromatic rings. The molecular formula is C12H9Br2NO2. The van der Waals surface area contributed by atoms with E-state index in [9.17, 15) is 0 Å². The molecule has 4 atom stereocenters. The van der Waals surface area contributed by atoms with Crippen molar-refractivity contribution >= 4 is 37.6 Å². The van der Waals surface area contributed by atoms with Crippen molar-refractivity contribution < 1.29 is 9.57 Å². The molecule has 0 spiro atoms. The van der Waals surface area contributed by atoms with Crippen LogP contribution in [0, 0.1) is 5.92 Å². The molecule has 1 saturated heterocycles. The van der Waals surface area contributed by atoms with Gasteiger partial charge in [0, 0.05) is 8.95 Å².